The quantitative estimate of drug-likeness (QED) is 0.136. The smallest absolute Gasteiger partial charge is 0.391 e. The lowest BCUT2D eigenvalue weighted by molar-refractivity contribution is -0.144. The zero-order chi connectivity index (χ0) is 41.1. The first-order valence-electron chi connectivity index (χ1n) is 17.2. The number of aliphatic hydroxyl groups is 2. The predicted molar refractivity (Wildman–Crippen MR) is 200 cm³/mol. The summed E-state index contributed by atoms with van der Waals surface area (Å²) in [5.74, 6) is 0.951. The molecular formula is C34H42F6N12O2S2. The number of pyridine rings is 2. The van der Waals surface area contributed by atoms with Crippen LogP contribution in [0.25, 0.3) is 0 Å². The Morgan fingerprint density at radius 2 is 1.07 bits per heavy atom. The van der Waals surface area contributed by atoms with Gasteiger partial charge in [-0.15, -0.1) is 0 Å². The van der Waals surface area contributed by atoms with Gasteiger partial charge in [-0.1, -0.05) is 37.4 Å². The van der Waals surface area contributed by atoms with E-state index in [-0.39, 0.29) is 42.3 Å². The van der Waals surface area contributed by atoms with Gasteiger partial charge in [0.2, 0.25) is 0 Å². The van der Waals surface area contributed by atoms with Gasteiger partial charge < -0.3 is 42.9 Å². The van der Waals surface area contributed by atoms with E-state index in [0.717, 1.165) is 35.9 Å². The number of aliphatic hydroxyl groups excluding tert-OH is 2. The van der Waals surface area contributed by atoms with Gasteiger partial charge in [0.05, 0.1) is 24.6 Å². The number of hydrogen-bond acceptors (Lipinski definition) is 16. The van der Waals surface area contributed by atoms with Gasteiger partial charge in [0.15, 0.2) is 23.0 Å². The number of halogens is 6. The van der Waals surface area contributed by atoms with Crippen LogP contribution in [0.3, 0.4) is 0 Å². The molecule has 0 saturated carbocycles. The normalized spacial score (nSPS) is 23.1. The van der Waals surface area contributed by atoms with E-state index in [1.54, 1.807) is 0 Å². The van der Waals surface area contributed by atoms with Crippen molar-refractivity contribution in [3.05, 3.63) is 60.4 Å². The summed E-state index contributed by atoms with van der Waals surface area (Å²) in [5, 5.41) is 21.1. The Bertz CT molecular complexity index is 1840. The van der Waals surface area contributed by atoms with Crippen LogP contribution in [0.4, 0.5) is 49.6 Å². The van der Waals surface area contributed by atoms with Crippen molar-refractivity contribution >= 4 is 46.8 Å². The molecule has 304 valence electrons. The molecule has 14 nitrogen and oxygen atoms in total. The minimum Gasteiger partial charge on any atom is -0.391 e. The van der Waals surface area contributed by atoms with Crippen LogP contribution in [-0.4, -0.2) is 91.6 Å². The van der Waals surface area contributed by atoms with E-state index >= 15 is 0 Å². The molecule has 56 heavy (non-hydrogen) atoms. The van der Waals surface area contributed by atoms with Crippen molar-refractivity contribution in [2.45, 2.75) is 71.1 Å². The molecule has 0 unspecified atom stereocenters. The average Bonchev–Trinajstić information content (AvgIpc) is 3.15. The molecule has 22 heteroatoms. The Morgan fingerprint density at radius 3 is 1.38 bits per heavy atom. The summed E-state index contributed by atoms with van der Waals surface area (Å²) in [6.07, 6.45) is -4.01. The molecule has 0 aliphatic carbocycles. The van der Waals surface area contributed by atoms with E-state index in [4.69, 9.17) is 22.9 Å². The molecule has 2 saturated heterocycles. The summed E-state index contributed by atoms with van der Waals surface area (Å²) >= 11 is 1.52. The highest BCUT2D eigenvalue weighted by atomic mass is 32.2. The van der Waals surface area contributed by atoms with Crippen LogP contribution in [0, 0.1) is 10.8 Å². The second kappa shape index (κ2) is 17.1. The third kappa shape index (κ3) is 9.83. The fourth-order valence-corrected chi connectivity index (χ4v) is 7.61. The lowest BCUT2D eigenvalue weighted by atomic mass is 9.78. The standard InChI is InChI=1S/2C17H21F3N6OS/c2*1-16(9-21)4-6-26(8-11(16)27)12-7-24-15(14(22)25-12)28-10-3-2-5-23-13(10)17(18,19)20/h2*2-3,5,7,11,27H,4,6,8-9,21H2,1H3,(H2,22,25)/t2*11-,16+/m10/s1. The van der Waals surface area contributed by atoms with Crippen molar-refractivity contribution in [2.24, 2.45) is 22.3 Å². The van der Waals surface area contributed by atoms with E-state index in [1.807, 2.05) is 23.6 Å². The third-order valence-electron chi connectivity index (χ3n) is 9.88. The zero-order valence-corrected chi connectivity index (χ0v) is 31.9. The molecule has 4 aromatic rings. The van der Waals surface area contributed by atoms with E-state index < -0.39 is 35.9 Å². The Kier molecular flexibility index (Phi) is 13.1. The minimum absolute atomic E-state index is 0.0149. The SMILES string of the molecule is C[C@@]1(CN)CCN(c2cnc(Sc3cccnc3C(F)(F)F)c(N)n2)C[C@H]1O.C[C@]1(CN)CCN(c2cnc(Sc3cccnc3C(F)(F)F)c(N)n2)C[C@@H]1O. The second-order valence-corrected chi connectivity index (χ2v) is 15.9. The molecule has 0 radical (unpaired) electrons. The first-order chi connectivity index (χ1) is 26.3. The zero-order valence-electron chi connectivity index (χ0n) is 30.3. The maximum Gasteiger partial charge on any atom is 0.434 e. The van der Waals surface area contributed by atoms with Gasteiger partial charge in [0.25, 0.3) is 0 Å². The molecule has 0 amide bonds. The van der Waals surface area contributed by atoms with Crippen molar-refractivity contribution in [3.8, 4) is 0 Å². The van der Waals surface area contributed by atoms with Gasteiger partial charge in [0, 0.05) is 72.3 Å². The molecule has 4 atom stereocenters. The molecule has 2 fully saturated rings. The van der Waals surface area contributed by atoms with Crippen LogP contribution in [0.5, 0.6) is 0 Å². The van der Waals surface area contributed by atoms with Crippen molar-refractivity contribution in [1.82, 2.24) is 29.9 Å². The summed E-state index contributed by atoms with van der Waals surface area (Å²) in [6, 6.07) is 5.45. The van der Waals surface area contributed by atoms with Gasteiger partial charge in [-0.3, -0.25) is 9.97 Å². The van der Waals surface area contributed by atoms with E-state index in [2.05, 4.69) is 29.9 Å². The van der Waals surface area contributed by atoms with Crippen LogP contribution >= 0.6 is 23.5 Å². The molecule has 10 N–H and O–H groups in total. The first kappa shape index (κ1) is 42.9. The van der Waals surface area contributed by atoms with Crippen LogP contribution in [0.2, 0.25) is 0 Å². The van der Waals surface area contributed by atoms with Crippen molar-refractivity contribution < 1.29 is 36.6 Å². The lowest BCUT2D eigenvalue weighted by Crippen LogP contribution is -2.53. The fraction of sp³-hybridized carbons (Fsp3) is 0.471. The molecule has 0 bridgehead atoms. The fourth-order valence-electron chi connectivity index (χ4n) is 5.85. The summed E-state index contributed by atoms with van der Waals surface area (Å²) in [6.45, 7) is 6.50. The van der Waals surface area contributed by atoms with Gasteiger partial charge in [-0.25, -0.2) is 19.9 Å². The van der Waals surface area contributed by atoms with Gasteiger partial charge >= 0.3 is 12.4 Å². The van der Waals surface area contributed by atoms with Gasteiger partial charge in [0.1, 0.15) is 21.7 Å². The maximum atomic E-state index is 13.1. The summed E-state index contributed by atoms with van der Waals surface area (Å²) in [4.78, 5) is 27.2. The Hall–Kier alpha value is -4.22. The number of alkyl halides is 6. The summed E-state index contributed by atoms with van der Waals surface area (Å²) in [5.41, 5.74) is 20.7. The number of rotatable bonds is 8. The first-order valence-corrected chi connectivity index (χ1v) is 18.8. The molecule has 6 rings (SSSR count). The molecular weight excluding hydrogens is 787 g/mol. The number of β-amino-alcohol motifs (C(OH)–C–C–N with tert-alkyl or cyclic N) is 2. The number of aromatic nitrogens is 6. The third-order valence-corrected chi connectivity index (χ3v) is 12.0. The number of nitrogen functional groups attached to an aromatic ring is 2. The van der Waals surface area contributed by atoms with Crippen LogP contribution < -0.4 is 32.7 Å². The number of nitrogens with two attached hydrogens (primary N) is 4. The Morgan fingerprint density at radius 1 is 0.696 bits per heavy atom. The minimum atomic E-state index is -4.58. The van der Waals surface area contributed by atoms with Gasteiger partial charge in [-0.2, -0.15) is 26.3 Å². The molecule has 2 aliphatic rings. The van der Waals surface area contributed by atoms with Gasteiger partial charge in [-0.05, 0) is 37.1 Å². The highest BCUT2D eigenvalue weighted by Gasteiger charge is 2.40. The highest BCUT2D eigenvalue weighted by molar-refractivity contribution is 7.99. The van der Waals surface area contributed by atoms with Crippen molar-refractivity contribution in [2.75, 3.05) is 60.5 Å². The van der Waals surface area contributed by atoms with Crippen LogP contribution in [0.1, 0.15) is 38.1 Å². The van der Waals surface area contributed by atoms with E-state index in [9.17, 15) is 36.6 Å². The van der Waals surface area contributed by atoms with Crippen LogP contribution in [-0.2, 0) is 12.4 Å². The molecule has 6 heterocycles. The lowest BCUT2D eigenvalue weighted by Gasteiger charge is -2.43. The number of piperidine rings is 2. The largest absolute Gasteiger partial charge is 0.434 e. The summed E-state index contributed by atoms with van der Waals surface area (Å²) in [7, 11) is 0. The number of hydrogen-bond donors (Lipinski definition) is 6. The second-order valence-electron chi connectivity index (χ2n) is 13.9. The van der Waals surface area contributed by atoms with E-state index in [1.165, 1.54) is 36.7 Å². The topological polar surface area (TPSA) is 228 Å². The average molecular weight is 829 g/mol. The monoisotopic (exact) mass is 828 g/mol. The summed E-state index contributed by atoms with van der Waals surface area (Å²) < 4.78 is 78.6. The van der Waals surface area contributed by atoms with Crippen LogP contribution in [0.15, 0.2) is 68.9 Å². The molecule has 0 aromatic carbocycles. The van der Waals surface area contributed by atoms with E-state index in [0.29, 0.717) is 63.7 Å². The highest BCUT2D eigenvalue weighted by Crippen LogP contribution is 2.41. The van der Waals surface area contributed by atoms with Crippen molar-refractivity contribution in [3.63, 3.8) is 0 Å². The molecule has 0 spiro atoms. The number of nitrogens with zero attached hydrogens (tertiary/aromatic N) is 8. The predicted octanol–water partition coefficient (Wildman–Crippen LogP) is 4.32. The molecule has 4 aromatic heterocycles. The molecule has 2 aliphatic heterocycles. The Labute approximate surface area is 326 Å². The maximum absolute atomic E-state index is 13.1. The van der Waals surface area contributed by atoms with Crippen molar-refractivity contribution in [1.29, 1.82) is 0 Å². The Balaban J connectivity index is 0.000000214. The number of anilines is 4.